The molecule has 0 radical (unpaired) electrons. The van der Waals surface area contributed by atoms with Crippen molar-refractivity contribution in [2.24, 2.45) is 0 Å². The Morgan fingerprint density at radius 1 is 1.89 bits per heavy atom. The summed E-state index contributed by atoms with van der Waals surface area (Å²) in [5.41, 5.74) is 0. The zero-order chi connectivity index (χ0) is 6.69. The van der Waals surface area contributed by atoms with Gasteiger partial charge in [0.2, 0.25) is 0 Å². The van der Waals surface area contributed by atoms with Crippen LogP contribution in [0.25, 0.3) is 0 Å². The van der Waals surface area contributed by atoms with Crippen molar-refractivity contribution in [2.75, 3.05) is 6.54 Å². The van der Waals surface area contributed by atoms with Gasteiger partial charge in [-0.2, -0.15) is 0 Å². The van der Waals surface area contributed by atoms with Crippen LogP contribution in [0, 0.1) is 0 Å². The van der Waals surface area contributed by atoms with Crippen molar-refractivity contribution in [3.05, 3.63) is 25.1 Å². The maximum atomic E-state index is 10.6. The van der Waals surface area contributed by atoms with Crippen LogP contribution in [0.2, 0.25) is 0 Å². The molecule has 1 amide bonds. The number of carbonyl (C=O) groups excluding carboxylic acids is 1. The van der Waals surface area contributed by atoms with Crippen molar-refractivity contribution in [2.45, 2.75) is 0 Å². The summed E-state index contributed by atoms with van der Waals surface area (Å²) in [6.07, 6.45) is 4.18. The number of ether oxygens (including phenoxy) is 1. The van der Waals surface area contributed by atoms with Crippen molar-refractivity contribution in [1.29, 1.82) is 0 Å². The van der Waals surface area contributed by atoms with Crippen LogP contribution in [-0.4, -0.2) is 17.5 Å². The van der Waals surface area contributed by atoms with Gasteiger partial charge >= 0.3 is 6.09 Å². The van der Waals surface area contributed by atoms with Gasteiger partial charge in [-0.05, 0) is 6.08 Å². The molecule has 0 unspecified atom stereocenters. The number of cyclic esters (lactones) is 1. The highest BCUT2D eigenvalue weighted by Crippen LogP contribution is 2.00. The van der Waals surface area contributed by atoms with Gasteiger partial charge in [0, 0.05) is 12.7 Å². The standard InChI is InChI=1S/C6H7NO2/c1-2-7-4-3-5-9-6(7)8/h2-3,5H,1,4H2. The fourth-order valence-electron chi connectivity index (χ4n) is 0.554. The SMILES string of the molecule is C=CN1CC=COC1=O. The van der Waals surface area contributed by atoms with E-state index in [0.717, 1.165) is 0 Å². The van der Waals surface area contributed by atoms with Crippen LogP contribution in [-0.2, 0) is 4.74 Å². The summed E-state index contributed by atoms with van der Waals surface area (Å²) in [7, 11) is 0. The van der Waals surface area contributed by atoms with E-state index < -0.39 is 0 Å². The molecule has 0 spiro atoms. The Hall–Kier alpha value is -1.25. The topological polar surface area (TPSA) is 29.5 Å². The molecule has 0 fully saturated rings. The molecule has 1 heterocycles. The highest BCUT2D eigenvalue weighted by Gasteiger charge is 2.11. The van der Waals surface area contributed by atoms with Gasteiger partial charge in [-0.1, -0.05) is 6.58 Å². The molecule has 1 rings (SSSR count). The van der Waals surface area contributed by atoms with Gasteiger partial charge in [-0.3, -0.25) is 4.90 Å². The maximum Gasteiger partial charge on any atom is 0.418 e. The van der Waals surface area contributed by atoms with E-state index in [4.69, 9.17) is 0 Å². The first-order valence-electron chi connectivity index (χ1n) is 2.59. The molecule has 0 bridgehead atoms. The average molecular weight is 125 g/mol. The van der Waals surface area contributed by atoms with E-state index in [1.165, 1.54) is 17.4 Å². The molecular formula is C6H7NO2. The van der Waals surface area contributed by atoms with Crippen LogP contribution in [0.3, 0.4) is 0 Å². The maximum absolute atomic E-state index is 10.6. The molecule has 3 heteroatoms. The Labute approximate surface area is 53.2 Å². The molecule has 48 valence electrons. The third kappa shape index (κ3) is 1.10. The minimum Gasteiger partial charge on any atom is -0.418 e. The number of hydrogen-bond donors (Lipinski definition) is 0. The highest BCUT2D eigenvalue weighted by atomic mass is 16.5. The molecule has 0 aliphatic carbocycles. The zero-order valence-corrected chi connectivity index (χ0v) is 4.91. The summed E-state index contributed by atoms with van der Waals surface area (Å²) >= 11 is 0. The Balaban J connectivity index is 2.63. The van der Waals surface area contributed by atoms with E-state index in [-0.39, 0.29) is 6.09 Å². The molecule has 1 aliphatic heterocycles. The van der Waals surface area contributed by atoms with Crippen molar-refractivity contribution in [1.82, 2.24) is 4.90 Å². The Bertz CT molecular complexity index is 162. The van der Waals surface area contributed by atoms with Gasteiger partial charge in [0.15, 0.2) is 0 Å². The molecule has 0 aromatic rings. The van der Waals surface area contributed by atoms with Crippen LogP contribution in [0.15, 0.2) is 25.1 Å². The third-order valence-electron chi connectivity index (χ3n) is 1.02. The van der Waals surface area contributed by atoms with Gasteiger partial charge in [0.25, 0.3) is 0 Å². The van der Waals surface area contributed by atoms with Crippen LogP contribution in [0.4, 0.5) is 4.79 Å². The smallest absolute Gasteiger partial charge is 0.418 e. The average Bonchev–Trinajstić information content (AvgIpc) is 1.89. The summed E-state index contributed by atoms with van der Waals surface area (Å²) < 4.78 is 4.52. The monoisotopic (exact) mass is 125 g/mol. The van der Waals surface area contributed by atoms with Crippen molar-refractivity contribution in [3.8, 4) is 0 Å². The lowest BCUT2D eigenvalue weighted by atomic mass is 10.5. The number of hydrogen-bond acceptors (Lipinski definition) is 2. The van der Waals surface area contributed by atoms with Crippen molar-refractivity contribution in [3.63, 3.8) is 0 Å². The van der Waals surface area contributed by atoms with E-state index in [2.05, 4.69) is 11.3 Å². The molecule has 0 aromatic heterocycles. The molecule has 9 heavy (non-hydrogen) atoms. The Morgan fingerprint density at radius 2 is 2.67 bits per heavy atom. The van der Waals surface area contributed by atoms with E-state index in [9.17, 15) is 4.79 Å². The third-order valence-corrected chi connectivity index (χ3v) is 1.02. The first-order chi connectivity index (χ1) is 4.34. The minimum absolute atomic E-state index is 0.368. The van der Waals surface area contributed by atoms with Crippen molar-refractivity contribution < 1.29 is 9.53 Å². The fourth-order valence-corrected chi connectivity index (χ4v) is 0.554. The summed E-state index contributed by atoms with van der Waals surface area (Å²) in [5, 5.41) is 0. The largest absolute Gasteiger partial charge is 0.418 e. The second kappa shape index (κ2) is 2.35. The van der Waals surface area contributed by atoms with Gasteiger partial charge in [-0.25, -0.2) is 4.79 Å². The number of nitrogens with zero attached hydrogens (tertiary/aromatic N) is 1. The van der Waals surface area contributed by atoms with Crippen LogP contribution < -0.4 is 0 Å². The van der Waals surface area contributed by atoms with E-state index in [1.54, 1.807) is 6.08 Å². The molecular weight excluding hydrogens is 118 g/mol. The Morgan fingerprint density at radius 3 is 3.11 bits per heavy atom. The van der Waals surface area contributed by atoms with Gasteiger partial charge in [0.1, 0.15) is 0 Å². The van der Waals surface area contributed by atoms with Crippen LogP contribution in [0.1, 0.15) is 0 Å². The molecule has 0 saturated heterocycles. The number of amides is 1. The lowest BCUT2D eigenvalue weighted by Gasteiger charge is -2.16. The molecule has 0 saturated carbocycles. The minimum atomic E-state index is -0.368. The van der Waals surface area contributed by atoms with E-state index in [1.807, 2.05) is 0 Å². The van der Waals surface area contributed by atoms with E-state index in [0.29, 0.717) is 6.54 Å². The molecule has 3 nitrogen and oxygen atoms in total. The predicted molar refractivity (Wildman–Crippen MR) is 32.5 cm³/mol. The predicted octanol–water partition coefficient (Wildman–Crippen LogP) is 1.10. The first kappa shape index (κ1) is 5.88. The quantitative estimate of drug-likeness (QED) is 0.525. The van der Waals surface area contributed by atoms with Gasteiger partial charge in [0.05, 0.1) is 6.26 Å². The molecule has 0 N–H and O–H groups in total. The molecule has 1 aliphatic rings. The number of carbonyl (C=O) groups is 1. The lowest BCUT2D eigenvalue weighted by molar-refractivity contribution is 0.151. The normalized spacial score (nSPS) is 17.3. The van der Waals surface area contributed by atoms with Crippen LogP contribution in [0.5, 0.6) is 0 Å². The first-order valence-corrected chi connectivity index (χ1v) is 2.59. The van der Waals surface area contributed by atoms with Crippen LogP contribution >= 0.6 is 0 Å². The summed E-state index contributed by atoms with van der Waals surface area (Å²) in [6.45, 7) is 3.98. The fraction of sp³-hybridized carbons (Fsp3) is 0.167. The summed E-state index contributed by atoms with van der Waals surface area (Å²) in [6, 6.07) is 0. The summed E-state index contributed by atoms with van der Waals surface area (Å²) in [5.74, 6) is 0. The van der Waals surface area contributed by atoms with Gasteiger partial charge < -0.3 is 4.74 Å². The van der Waals surface area contributed by atoms with Crippen molar-refractivity contribution >= 4 is 6.09 Å². The second-order valence-corrected chi connectivity index (χ2v) is 1.59. The second-order valence-electron chi connectivity index (χ2n) is 1.59. The zero-order valence-electron chi connectivity index (χ0n) is 4.91. The Kier molecular flexibility index (Phi) is 1.53. The summed E-state index contributed by atoms with van der Waals surface area (Å²) in [4.78, 5) is 12.0. The number of rotatable bonds is 1. The molecule has 0 aromatic carbocycles. The van der Waals surface area contributed by atoms with Gasteiger partial charge in [-0.15, -0.1) is 0 Å². The molecule has 0 atom stereocenters. The highest BCUT2D eigenvalue weighted by molar-refractivity contribution is 5.70. The lowest BCUT2D eigenvalue weighted by Crippen LogP contribution is -2.27. The van der Waals surface area contributed by atoms with E-state index >= 15 is 0 Å².